The predicted octanol–water partition coefficient (Wildman–Crippen LogP) is 3.54. The number of carbonyl (C=O) groups excluding carboxylic acids is 2. The summed E-state index contributed by atoms with van der Waals surface area (Å²) in [6, 6.07) is 7.80. The van der Waals surface area contributed by atoms with Crippen molar-refractivity contribution < 1.29 is 9.59 Å². The molecule has 0 radical (unpaired) electrons. The van der Waals surface area contributed by atoms with Crippen LogP contribution in [0, 0.1) is 6.92 Å². The maximum atomic E-state index is 13.0. The van der Waals surface area contributed by atoms with Crippen LogP contribution in [0.3, 0.4) is 0 Å². The fourth-order valence-corrected chi connectivity index (χ4v) is 5.96. The Morgan fingerprint density at radius 2 is 2.03 bits per heavy atom. The number of benzene rings is 1. The molecule has 7 nitrogen and oxygen atoms in total. The van der Waals surface area contributed by atoms with E-state index in [0.29, 0.717) is 24.8 Å². The van der Waals surface area contributed by atoms with Gasteiger partial charge in [-0.15, -0.1) is 23.1 Å². The highest BCUT2D eigenvalue weighted by molar-refractivity contribution is 8.00. The number of imidazole rings is 1. The number of thioether (sulfide) groups is 1. The first-order valence-corrected chi connectivity index (χ1v) is 12.7. The van der Waals surface area contributed by atoms with Crippen LogP contribution in [0.1, 0.15) is 35.3 Å². The summed E-state index contributed by atoms with van der Waals surface area (Å²) in [5, 5.41) is 3.17. The molecule has 1 saturated heterocycles. The van der Waals surface area contributed by atoms with Gasteiger partial charge >= 0.3 is 0 Å². The lowest BCUT2D eigenvalue weighted by Crippen LogP contribution is -2.47. The second-order valence-electron chi connectivity index (χ2n) is 8.16. The summed E-state index contributed by atoms with van der Waals surface area (Å²) >= 11 is 3.20. The van der Waals surface area contributed by atoms with Gasteiger partial charge < -0.3 is 14.4 Å². The SMILES string of the molecule is Cc1nc(Cn2ccnc2C2CCN(C(=O)CN3C(=O)CSc4ccccc43)CC2)cs1. The van der Waals surface area contributed by atoms with Crippen LogP contribution < -0.4 is 4.90 Å². The number of nitrogens with zero attached hydrogens (tertiary/aromatic N) is 5. The third-order valence-corrected chi connectivity index (χ3v) is 7.93. The van der Waals surface area contributed by atoms with Gasteiger partial charge in [0.05, 0.1) is 28.7 Å². The number of para-hydroxylation sites is 1. The molecule has 0 bridgehead atoms. The minimum atomic E-state index is -0.00348. The molecule has 0 saturated carbocycles. The number of carbonyl (C=O) groups is 2. The fraction of sp³-hybridized carbons (Fsp3) is 0.391. The second-order valence-corrected chi connectivity index (χ2v) is 10.2. The van der Waals surface area contributed by atoms with E-state index < -0.39 is 0 Å². The summed E-state index contributed by atoms with van der Waals surface area (Å²) in [4.78, 5) is 39.3. The first-order chi connectivity index (χ1) is 15.6. The molecule has 2 aliphatic rings. The van der Waals surface area contributed by atoms with Crippen LogP contribution in [0.4, 0.5) is 5.69 Å². The molecular weight excluding hydrogens is 442 g/mol. The monoisotopic (exact) mass is 467 g/mol. The van der Waals surface area contributed by atoms with Crippen molar-refractivity contribution in [3.05, 3.63) is 58.6 Å². The van der Waals surface area contributed by atoms with Crippen LogP contribution in [0.25, 0.3) is 0 Å². The zero-order valence-corrected chi connectivity index (χ0v) is 19.6. The Kier molecular flexibility index (Phi) is 6.01. The van der Waals surface area contributed by atoms with Crippen molar-refractivity contribution in [1.29, 1.82) is 0 Å². The molecule has 0 unspecified atom stereocenters. The van der Waals surface area contributed by atoms with Gasteiger partial charge in [0, 0.05) is 41.7 Å². The molecule has 1 aromatic carbocycles. The van der Waals surface area contributed by atoms with E-state index in [1.807, 2.05) is 48.5 Å². The summed E-state index contributed by atoms with van der Waals surface area (Å²) in [7, 11) is 0. The van der Waals surface area contributed by atoms with Crippen molar-refractivity contribution in [2.24, 2.45) is 0 Å². The molecule has 32 heavy (non-hydrogen) atoms. The molecule has 9 heteroatoms. The summed E-state index contributed by atoms with van der Waals surface area (Å²) in [6.07, 6.45) is 5.61. The van der Waals surface area contributed by atoms with Crippen LogP contribution in [0.2, 0.25) is 0 Å². The average Bonchev–Trinajstić information content (AvgIpc) is 3.44. The first-order valence-electron chi connectivity index (χ1n) is 10.8. The molecule has 3 aromatic rings. The van der Waals surface area contributed by atoms with Crippen LogP contribution in [0.15, 0.2) is 46.9 Å². The maximum Gasteiger partial charge on any atom is 0.242 e. The van der Waals surface area contributed by atoms with E-state index in [1.54, 1.807) is 16.2 Å². The first kappa shape index (κ1) is 21.2. The molecule has 0 N–H and O–H groups in total. The Balaban J connectivity index is 1.21. The second kappa shape index (κ2) is 9.07. The number of aryl methyl sites for hydroxylation is 1. The number of likely N-dealkylation sites (tertiary alicyclic amines) is 1. The van der Waals surface area contributed by atoms with Gasteiger partial charge in [-0.2, -0.15) is 0 Å². The van der Waals surface area contributed by atoms with Crippen LogP contribution in [0.5, 0.6) is 0 Å². The minimum Gasteiger partial charge on any atom is -0.341 e. The van der Waals surface area contributed by atoms with Crippen molar-refractivity contribution in [1.82, 2.24) is 19.4 Å². The zero-order valence-electron chi connectivity index (χ0n) is 17.9. The van der Waals surface area contributed by atoms with Crippen molar-refractivity contribution in [3.63, 3.8) is 0 Å². The molecule has 2 amide bonds. The number of piperidine rings is 1. The van der Waals surface area contributed by atoms with Crippen LogP contribution >= 0.6 is 23.1 Å². The molecule has 2 aliphatic heterocycles. The Labute approximate surface area is 195 Å². The molecule has 0 atom stereocenters. The summed E-state index contributed by atoms with van der Waals surface area (Å²) in [5.41, 5.74) is 1.90. The Morgan fingerprint density at radius 3 is 2.81 bits per heavy atom. The van der Waals surface area contributed by atoms with E-state index in [1.165, 1.54) is 11.8 Å². The Hall–Kier alpha value is -2.65. The lowest BCUT2D eigenvalue weighted by Gasteiger charge is -2.34. The maximum absolute atomic E-state index is 13.0. The van der Waals surface area contributed by atoms with E-state index >= 15 is 0 Å². The number of anilines is 1. The highest BCUT2D eigenvalue weighted by Crippen LogP contribution is 2.35. The van der Waals surface area contributed by atoms with Gasteiger partial charge in [0.2, 0.25) is 11.8 Å². The van der Waals surface area contributed by atoms with E-state index in [0.717, 1.165) is 46.5 Å². The Bertz CT molecular complexity index is 1130. The fourth-order valence-electron chi connectivity index (χ4n) is 4.42. The van der Waals surface area contributed by atoms with Gasteiger partial charge in [0.25, 0.3) is 0 Å². The summed E-state index contributed by atoms with van der Waals surface area (Å²) in [5.74, 6) is 1.78. The molecule has 4 heterocycles. The molecule has 2 aromatic heterocycles. The van der Waals surface area contributed by atoms with Gasteiger partial charge in [-0.3, -0.25) is 9.59 Å². The number of amides is 2. The average molecular weight is 468 g/mol. The molecule has 0 spiro atoms. The van der Waals surface area contributed by atoms with Gasteiger partial charge in [-0.25, -0.2) is 9.97 Å². The molecular formula is C23H25N5O2S2. The van der Waals surface area contributed by atoms with Gasteiger partial charge in [-0.05, 0) is 31.9 Å². The van der Waals surface area contributed by atoms with Crippen molar-refractivity contribution >= 4 is 40.6 Å². The number of aromatic nitrogens is 3. The quantitative estimate of drug-likeness (QED) is 0.574. The van der Waals surface area contributed by atoms with Crippen LogP contribution in [-0.4, -0.2) is 56.6 Å². The zero-order chi connectivity index (χ0) is 22.1. The highest BCUT2D eigenvalue weighted by atomic mass is 32.2. The molecule has 5 rings (SSSR count). The van der Waals surface area contributed by atoms with Gasteiger partial charge in [0.1, 0.15) is 12.4 Å². The van der Waals surface area contributed by atoms with Crippen LogP contribution in [-0.2, 0) is 16.1 Å². The third kappa shape index (κ3) is 4.31. The lowest BCUT2D eigenvalue weighted by atomic mass is 9.95. The van der Waals surface area contributed by atoms with E-state index in [9.17, 15) is 9.59 Å². The molecule has 0 aliphatic carbocycles. The van der Waals surface area contributed by atoms with Crippen molar-refractivity contribution in [2.45, 2.75) is 37.1 Å². The standard InChI is InChI=1S/C23H25N5O2S2/c1-16-25-18(14-31-16)12-27-11-8-24-23(27)17-6-9-26(10-7-17)21(29)13-28-19-4-2-3-5-20(19)32-15-22(28)30/h2-5,8,11,14,17H,6-7,9-10,12-13,15H2,1H3. The topological polar surface area (TPSA) is 71.3 Å². The largest absolute Gasteiger partial charge is 0.341 e. The minimum absolute atomic E-state index is 0.00348. The number of hydrogen-bond donors (Lipinski definition) is 0. The number of rotatable bonds is 5. The van der Waals surface area contributed by atoms with Crippen molar-refractivity contribution in [3.8, 4) is 0 Å². The van der Waals surface area contributed by atoms with E-state index in [2.05, 4.69) is 19.9 Å². The molecule has 166 valence electrons. The van der Waals surface area contributed by atoms with Gasteiger partial charge in [0.15, 0.2) is 0 Å². The number of hydrogen-bond acceptors (Lipinski definition) is 6. The Morgan fingerprint density at radius 1 is 1.22 bits per heavy atom. The third-order valence-electron chi connectivity index (χ3n) is 6.06. The van der Waals surface area contributed by atoms with E-state index in [4.69, 9.17) is 0 Å². The number of fused-ring (bicyclic) bond motifs is 1. The van der Waals surface area contributed by atoms with Crippen molar-refractivity contribution in [2.75, 3.05) is 30.3 Å². The summed E-state index contributed by atoms with van der Waals surface area (Å²) in [6.45, 7) is 4.23. The summed E-state index contributed by atoms with van der Waals surface area (Å²) < 4.78 is 2.18. The van der Waals surface area contributed by atoms with E-state index in [-0.39, 0.29) is 18.4 Å². The molecule has 1 fully saturated rings. The van der Waals surface area contributed by atoms with Gasteiger partial charge in [-0.1, -0.05) is 12.1 Å². The number of thiazole rings is 1. The normalized spacial score (nSPS) is 17.0. The predicted molar refractivity (Wildman–Crippen MR) is 126 cm³/mol. The smallest absolute Gasteiger partial charge is 0.242 e. The lowest BCUT2D eigenvalue weighted by molar-refractivity contribution is -0.132. The highest BCUT2D eigenvalue weighted by Gasteiger charge is 2.31.